The van der Waals surface area contributed by atoms with Crippen LogP contribution in [0.4, 0.5) is 0 Å². The molecule has 0 aliphatic carbocycles. The fraction of sp³-hybridized carbons (Fsp3) is 0.750. The van der Waals surface area contributed by atoms with E-state index in [9.17, 15) is 0 Å². The normalized spacial score (nSPS) is 28.6. The molecule has 0 N–H and O–H groups in total. The van der Waals surface area contributed by atoms with E-state index >= 15 is 0 Å². The van der Waals surface area contributed by atoms with Crippen molar-refractivity contribution in [1.82, 2.24) is 20.0 Å². The molecule has 2 unspecified atom stereocenters. The van der Waals surface area contributed by atoms with Crippen molar-refractivity contribution in [3.63, 3.8) is 0 Å². The maximum absolute atomic E-state index is 4.27. The van der Waals surface area contributed by atoms with Crippen LogP contribution in [-0.4, -0.2) is 51.7 Å². The van der Waals surface area contributed by atoms with Gasteiger partial charge in [-0.2, -0.15) is 10.2 Å². The summed E-state index contributed by atoms with van der Waals surface area (Å²) < 4.78 is 0. The lowest BCUT2D eigenvalue weighted by Gasteiger charge is -2.49. The van der Waals surface area contributed by atoms with Gasteiger partial charge in [0.1, 0.15) is 0 Å². The Balaban J connectivity index is 1.72. The Morgan fingerprint density at radius 2 is 2.20 bits per heavy atom. The molecule has 0 radical (unpaired) electrons. The van der Waals surface area contributed by atoms with E-state index in [0.717, 1.165) is 18.3 Å². The highest BCUT2D eigenvalue weighted by molar-refractivity contribution is 5.01. The molecular weight excluding hydrogens is 248 g/mol. The SMILES string of the molecule is CC(C)C1CN2CCCCC2CN1Cc1cccnn1. The molecule has 0 aromatic carbocycles. The third-order valence-electron chi connectivity index (χ3n) is 4.85. The Bertz CT molecular complexity index is 420. The lowest BCUT2D eigenvalue weighted by atomic mass is 9.92. The molecule has 0 bridgehead atoms. The zero-order chi connectivity index (χ0) is 13.9. The molecule has 3 heterocycles. The maximum Gasteiger partial charge on any atom is 0.0771 e. The van der Waals surface area contributed by atoms with Gasteiger partial charge < -0.3 is 0 Å². The summed E-state index contributed by atoms with van der Waals surface area (Å²) in [6.07, 6.45) is 5.89. The molecule has 1 aromatic rings. The molecular formula is C16H26N4. The summed E-state index contributed by atoms with van der Waals surface area (Å²) in [5.74, 6) is 0.689. The van der Waals surface area contributed by atoms with Gasteiger partial charge in [-0.3, -0.25) is 9.80 Å². The van der Waals surface area contributed by atoms with Crippen LogP contribution in [0.5, 0.6) is 0 Å². The zero-order valence-electron chi connectivity index (χ0n) is 12.7. The molecule has 4 heteroatoms. The van der Waals surface area contributed by atoms with Crippen molar-refractivity contribution in [2.45, 2.75) is 51.7 Å². The lowest BCUT2D eigenvalue weighted by molar-refractivity contribution is -0.0125. The molecule has 2 fully saturated rings. The number of rotatable bonds is 3. The van der Waals surface area contributed by atoms with Gasteiger partial charge in [-0.1, -0.05) is 20.3 Å². The molecule has 1 aromatic heterocycles. The summed E-state index contributed by atoms with van der Waals surface area (Å²) in [5, 5.41) is 8.28. The number of piperazine rings is 1. The first-order chi connectivity index (χ1) is 9.74. The number of nitrogens with zero attached hydrogens (tertiary/aromatic N) is 4. The number of piperidine rings is 1. The first-order valence-electron chi connectivity index (χ1n) is 7.98. The summed E-state index contributed by atoms with van der Waals surface area (Å²) in [7, 11) is 0. The monoisotopic (exact) mass is 274 g/mol. The third kappa shape index (κ3) is 3.01. The molecule has 110 valence electrons. The smallest absolute Gasteiger partial charge is 0.0771 e. The number of hydrogen-bond acceptors (Lipinski definition) is 4. The van der Waals surface area contributed by atoms with Gasteiger partial charge in [0.05, 0.1) is 5.69 Å². The van der Waals surface area contributed by atoms with Gasteiger partial charge >= 0.3 is 0 Å². The minimum absolute atomic E-state index is 0.645. The minimum Gasteiger partial charge on any atom is -0.298 e. The quantitative estimate of drug-likeness (QED) is 0.845. The van der Waals surface area contributed by atoms with Crippen molar-refractivity contribution in [2.75, 3.05) is 19.6 Å². The average molecular weight is 274 g/mol. The summed E-state index contributed by atoms with van der Waals surface area (Å²) in [5.41, 5.74) is 1.10. The zero-order valence-corrected chi connectivity index (χ0v) is 12.7. The molecule has 2 aliphatic rings. The van der Waals surface area contributed by atoms with E-state index < -0.39 is 0 Å². The average Bonchev–Trinajstić information content (AvgIpc) is 2.47. The second kappa shape index (κ2) is 6.19. The molecule has 3 rings (SSSR count). The minimum atomic E-state index is 0.645. The first kappa shape index (κ1) is 14.0. The van der Waals surface area contributed by atoms with E-state index in [0.29, 0.717) is 12.0 Å². The number of aromatic nitrogens is 2. The Morgan fingerprint density at radius 3 is 2.95 bits per heavy atom. The summed E-state index contributed by atoms with van der Waals surface area (Å²) in [6.45, 7) is 9.35. The summed E-state index contributed by atoms with van der Waals surface area (Å²) >= 11 is 0. The molecule has 20 heavy (non-hydrogen) atoms. The van der Waals surface area contributed by atoms with E-state index in [1.165, 1.54) is 38.9 Å². The molecule has 2 saturated heterocycles. The van der Waals surface area contributed by atoms with Gasteiger partial charge in [0.15, 0.2) is 0 Å². The maximum atomic E-state index is 4.27. The van der Waals surface area contributed by atoms with Crippen LogP contribution in [0.2, 0.25) is 0 Å². The van der Waals surface area contributed by atoms with E-state index in [-0.39, 0.29) is 0 Å². The Hall–Kier alpha value is -1.00. The number of fused-ring (bicyclic) bond motifs is 1. The van der Waals surface area contributed by atoms with Crippen LogP contribution < -0.4 is 0 Å². The molecule has 2 atom stereocenters. The molecule has 4 nitrogen and oxygen atoms in total. The molecule has 0 saturated carbocycles. The van der Waals surface area contributed by atoms with Gasteiger partial charge in [0, 0.05) is 37.9 Å². The van der Waals surface area contributed by atoms with Crippen LogP contribution in [0.15, 0.2) is 18.3 Å². The highest BCUT2D eigenvalue weighted by Gasteiger charge is 2.36. The van der Waals surface area contributed by atoms with Gasteiger partial charge in [-0.15, -0.1) is 0 Å². The number of hydrogen-bond donors (Lipinski definition) is 0. The highest BCUT2D eigenvalue weighted by atomic mass is 15.3. The van der Waals surface area contributed by atoms with Crippen molar-refractivity contribution >= 4 is 0 Å². The van der Waals surface area contributed by atoms with Crippen molar-refractivity contribution in [3.8, 4) is 0 Å². The van der Waals surface area contributed by atoms with Crippen molar-refractivity contribution in [3.05, 3.63) is 24.0 Å². The standard InChI is InChI=1S/C16H26N4/c1-13(2)16-12-19-9-4-3-7-15(19)11-20(16)10-14-6-5-8-17-18-14/h5-6,8,13,15-16H,3-4,7,9-12H2,1-2H3. The van der Waals surface area contributed by atoms with Gasteiger partial charge in [-0.25, -0.2) is 0 Å². The molecule has 0 spiro atoms. The van der Waals surface area contributed by atoms with E-state index in [4.69, 9.17) is 0 Å². The van der Waals surface area contributed by atoms with Crippen molar-refractivity contribution in [2.24, 2.45) is 5.92 Å². The van der Waals surface area contributed by atoms with Crippen LogP contribution in [0.3, 0.4) is 0 Å². The summed E-state index contributed by atoms with van der Waals surface area (Å²) in [4.78, 5) is 5.36. The lowest BCUT2D eigenvalue weighted by Crippen LogP contribution is -2.60. The second-order valence-corrected chi connectivity index (χ2v) is 6.60. The fourth-order valence-corrected chi connectivity index (χ4v) is 3.71. The van der Waals surface area contributed by atoms with Gasteiger partial charge in [-0.05, 0) is 37.4 Å². The van der Waals surface area contributed by atoms with Crippen molar-refractivity contribution < 1.29 is 0 Å². The molecule has 0 amide bonds. The van der Waals surface area contributed by atoms with Crippen molar-refractivity contribution in [1.29, 1.82) is 0 Å². The van der Waals surface area contributed by atoms with Crippen LogP contribution in [0.25, 0.3) is 0 Å². The third-order valence-corrected chi connectivity index (χ3v) is 4.85. The van der Waals surface area contributed by atoms with Gasteiger partial charge in [0.2, 0.25) is 0 Å². The summed E-state index contributed by atoms with van der Waals surface area (Å²) in [6, 6.07) is 5.49. The van der Waals surface area contributed by atoms with E-state index in [1.54, 1.807) is 6.20 Å². The van der Waals surface area contributed by atoms with E-state index in [1.807, 2.05) is 6.07 Å². The Labute approximate surface area is 122 Å². The Morgan fingerprint density at radius 1 is 1.30 bits per heavy atom. The fourth-order valence-electron chi connectivity index (χ4n) is 3.71. The highest BCUT2D eigenvalue weighted by Crippen LogP contribution is 2.27. The molecule has 2 aliphatic heterocycles. The topological polar surface area (TPSA) is 32.3 Å². The van der Waals surface area contributed by atoms with Crippen LogP contribution in [-0.2, 0) is 6.54 Å². The van der Waals surface area contributed by atoms with Gasteiger partial charge in [0.25, 0.3) is 0 Å². The second-order valence-electron chi connectivity index (χ2n) is 6.60. The predicted molar refractivity (Wildman–Crippen MR) is 80.3 cm³/mol. The van der Waals surface area contributed by atoms with Crippen LogP contribution in [0, 0.1) is 5.92 Å². The van der Waals surface area contributed by atoms with Crippen LogP contribution >= 0.6 is 0 Å². The Kier molecular flexibility index (Phi) is 4.32. The first-order valence-corrected chi connectivity index (χ1v) is 7.98. The van der Waals surface area contributed by atoms with Crippen LogP contribution in [0.1, 0.15) is 38.8 Å². The predicted octanol–water partition coefficient (Wildman–Crippen LogP) is 2.17. The largest absolute Gasteiger partial charge is 0.298 e. The van der Waals surface area contributed by atoms with E-state index in [2.05, 4.69) is 39.9 Å².